The predicted molar refractivity (Wildman–Crippen MR) is 128 cm³/mol. The zero-order valence-corrected chi connectivity index (χ0v) is 18.8. The van der Waals surface area contributed by atoms with Crippen molar-refractivity contribution in [3.8, 4) is 0 Å². The number of para-hydroxylation sites is 1. The van der Waals surface area contributed by atoms with Gasteiger partial charge in [0, 0.05) is 11.1 Å². The van der Waals surface area contributed by atoms with Gasteiger partial charge in [-0.2, -0.15) is 12.6 Å². The van der Waals surface area contributed by atoms with Crippen molar-refractivity contribution in [2.24, 2.45) is 0 Å². The molecular formula is C24H20N2O4S2. The normalized spacial score (nSPS) is 12.4. The third kappa shape index (κ3) is 4.46. The molecule has 6 nitrogen and oxygen atoms in total. The van der Waals surface area contributed by atoms with E-state index >= 15 is 0 Å². The summed E-state index contributed by atoms with van der Waals surface area (Å²) in [5.41, 5.74) is 3.33. The van der Waals surface area contributed by atoms with Gasteiger partial charge in [0.15, 0.2) is 0 Å². The molecule has 0 saturated heterocycles. The Balaban J connectivity index is 1.55. The molecule has 0 aliphatic heterocycles. The summed E-state index contributed by atoms with van der Waals surface area (Å²) in [7, 11) is -3.94. The Labute approximate surface area is 191 Å². The van der Waals surface area contributed by atoms with Crippen molar-refractivity contribution in [3.05, 3.63) is 101 Å². The first-order chi connectivity index (χ1) is 15.2. The van der Waals surface area contributed by atoms with Gasteiger partial charge < -0.3 is 5.11 Å². The van der Waals surface area contributed by atoms with Crippen LogP contribution in [0.2, 0.25) is 0 Å². The molecule has 1 unspecified atom stereocenters. The summed E-state index contributed by atoms with van der Waals surface area (Å²) in [6.45, 7) is 1.62. The van der Waals surface area contributed by atoms with Gasteiger partial charge in [-0.1, -0.05) is 42.5 Å². The highest BCUT2D eigenvalue weighted by atomic mass is 32.2. The molecule has 3 aromatic carbocycles. The molecule has 0 bridgehead atoms. The first-order valence-corrected chi connectivity index (χ1v) is 11.7. The molecule has 4 aromatic rings. The molecule has 1 atom stereocenters. The number of nitrogens with one attached hydrogen (secondary N) is 1. The van der Waals surface area contributed by atoms with Crippen LogP contribution >= 0.6 is 12.6 Å². The molecule has 0 radical (unpaired) electrons. The van der Waals surface area contributed by atoms with Gasteiger partial charge >= 0.3 is 5.97 Å². The van der Waals surface area contributed by atoms with Crippen molar-refractivity contribution in [1.82, 2.24) is 4.98 Å². The van der Waals surface area contributed by atoms with Gasteiger partial charge in [-0.05, 0) is 54.4 Å². The fraction of sp³-hybridized carbons (Fsp3) is 0.0833. The lowest BCUT2D eigenvalue weighted by atomic mass is 10.1. The Kier molecular flexibility index (Phi) is 5.90. The van der Waals surface area contributed by atoms with Gasteiger partial charge in [-0.15, -0.1) is 0 Å². The highest BCUT2D eigenvalue weighted by molar-refractivity contribution is 7.92. The van der Waals surface area contributed by atoms with Crippen molar-refractivity contribution in [2.75, 3.05) is 4.72 Å². The molecule has 0 fully saturated rings. The Morgan fingerprint density at radius 1 is 1.00 bits per heavy atom. The molecule has 0 spiro atoms. The van der Waals surface area contributed by atoms with E-state index in [0.717, 1.165) is 28.2 Å². The highest BCUT2D eigenvalue weighted by Gasteiger charge is 2.18. The maximum Gasteiger partial charge on any atom is 0.335 e. The third-order valence-corrected chi connectivity index (χ3v) is 7.07. The number of sulfonamides is 1. The number of nitrogens with zero attached hydrogens (tertiary/aromatic N) is 1. The molecule has 32 heavy (non-hydrogen) atoms. The fourth-order valence-electron chi connectivity index (χ4n) is 3.35. The van der Waals surface area contributed by atoms with E-state index in [1.54, 1.807) is 31.2 Å². The number of pyridine rings is 1. The lowest BCUT2D eigenvalue weighted by molar-refractivity contribution is 0.0696. The molecule has 0 saturated carbocycles. The van der Waals surface area contributed by atoms with E-state index < -0.39 is 16.0 Å². The average Bonchev–Trinajstić information content (AvgIpc) is 2.78. The van der Waals surface area contributed by atoms with Crippen LogP contribution in [-0.2, 0) is 10.0 Å². The van der Waals surface area contributed by atoms with Crippen molar-refractivity contribution < 1.29 is 18.3 Å². The minimum atomic E-state index is -3.94. The average molecular weight is 465 g/mol. The first kappa shape index (κ1) is 21.9. The smallest absolute Gasteiger partial charge is 0.335 e. The van der Waals surface area contributed by atoms with Crippen LogP contribution in [0.15, 0.2) is 83.8 Å². The van der Waals surface area contributed by atoms with E-state index in [2.05, 4.69) is 9.71 Å². The SMILES string of the molecule is Cc1ccc(S(=O)(=O)Nc2ccc(C(S)c3ccc4ccccc4n3)cc2)cc1C(=O)O. The Hall–Kier alpha value is -3.36. The lowest BCUT2D eigenvalue weighted by Gasteiger charge is -2.13. The van der Waals surface area contributed by atoms with Crippen molar-refractivity contribution in [2.45, 2.75) is 17.1 Å². The number of aromatic carboxylic acids is 1. The number of thiol groups is 1. The number of aryl methyl sites for hydroxylation is 1. The standard InChI is InChI=1S/C24H20N2O4S2/c1-15-6-12-19(14-20(15)24(27)28)32(29,30)26-18-10-7-17(8-11-18)23(31)22-13-9-16-4-2-3-5-21(16)25-22/h2-14,23,26,31H,1H3,(H,27,28). The van der Waals surface area contributed by atoms with Crippen LogP contribution in [0.5, 0.6) is 0 Å². The van der Waals surface area contributed by atoms with Gasteiger partial charge in [0.05, 0.1) is 26.9 Å². The summed E-state index contributed by atoms with van der Waals surface area (Å²) < 4.78 is 27.9. The van der Waals surface area contributed by atoms with Gasteiger partial charge in [-0.25, -0.2) is 13.2 Å². The number of aromatic nitrogens is 1. The maximum absolute atomic E-state index is 12.7. The van der Waals surface area contributed by atoms with E-state index in [-0.39, 0.29) is 15.7 Å². The van der Waals surface area contributed by atoms with Crippen molar-refractivity contribution in [1.29, 1.82) is 0 Å². The number of carbonyl (C=O) groups is 1. The minimum Gasteiger partial charge on any atom is -0.478 e. The molecule has 0 aliphatic rings. The van der Waals surface area contributed by atoms with Crippen LogP contribution < -0.4 is 4.72 Å². The van der Waals surface area contributed by atoms with Crippen LogP contribution in [0.4, 0.5) is 5.69 Å². The van der Waals surface area contributed by atoms with Gasteiger partial charge in [0.2, 0.25) is 0 Å². The predicted octanol–water partition coefficient (Wildman–Crippen LogP) is 5.06. The lowest BCUT2D eigenvalue weighted by Crippen LogP contribution is -2.14. The molecular weight excluding hydrogens is 444 g/mol. The second-order valence-corrected chi connectivity index (χ2v) is 9.54. The van der Waals surface area contributed by atoms with E-state index in [9.17, 15) is 18.3 Å². The van der Waals surface area contributed by atoms with Crippen LogP contribution in [0.3, 0.4) is 0 Å². The van der Waals surface area contributed by atoms with E-state index in [1.165, 1.54) is 12.1 Å². The molecule has 162 valence electrons. The summed E-state index contributed by atoms with van der Waals surface area (Å²) in [4.78, 5) is 15.9. The molecule has 0 amide bonds. The summed E-state index contributed by atoms with van der Waals surface area (Å²) in [5.74, 6) is -1.17. The van der Waals surface area contributed by atoms with Crippen LogP contribution in [0.1, 0.15) is 32.4 Å². The van der Waals surface area contributed by atoms with E-state index in [1.807, 2.05) is 36.4 Å². The maximum atomic E-state index is 12.7. The second kappa shape index (κ2) is 8.64. The topological polar surface area (TPSA) is 96.4 Å². The molecule has 1 heterocycles. The molecule has 4 rings (SSSR count). The van der Waals surface area contributed by atoms with E-state index in [0.29, 0.717) is 11.3 Å². The summed E-state index contributed by atoms with van der Waals surface area (Å²) >= 11 is 4.70. The number of fused-ring (bicyclic) bond motifs is 1. The Morgan fingerprint density at radius 3 is 2.44 bits per heavy atom. The monoisotopic (exact) mass is 464 g/mol. The van der Waals surface area contributed by atoms with Gasteiger partial charge in [0.1, 0.15) is 0 Å². The molecule has 1 aromatic heterocycles. The second-order valence-electron chi connectivity index (χ2n) is 7.34. The zero-order valence-electron chi connectivity index (χ0n) is 17.1. The number of rotatable bonds is 6. The number of hydrogen-bond donors (Lipinski definition) is 3. The third-order valence-electron chi connectivity index (χ3n) is 5.13. The minimum absolute atomic E-state index is 0.0518. The number of carboxylic acid groups (broad SMARTS) is 1. The Morgan fingerprint density at radius 2 is 1.72 bits per heavy atom. The molecule has 8 heteroatoms. The number of carboxylic acids is 1. The fourth-order valence-corrected chi connectivity index (χ4v) is 4.75. The largest absolute Gasteiger partial charge is 0.478 e. The van der Waals surface area contributed by atoms with Crippen LogP contribution in [0.25, 0.3) is 10.9 Å². The van der Waals surface area contributed by atoms with Gasteiger partial charge in [-0.3, -0.25) is 9.71 Å². The molecule has 0 aliphatic carbocycles. The van der Waals surface area contributed by atoms with Crippen LogP contribution in [0, 0.1) is 6.92 Å². The summed E-state index contributed by atoms with van der Waals surface area (Å²) in [5, 5.41) is 10.0. The zero-order chi connectivity index (χ0) is 22.9. The molecule has 2 N–H and O–H groups in total. The van der Waals surface area contributed by atoms with E-state index in [4.69, 9.17) is 12.6 Å². The van der Waals surface area contributed by atoms with Crippen molar-refractivity contribution >= 4 is 45.2 Å². The first-order valence-electron chi connectivity index (χ1n) is 9.75. The Bertz CT molecular complexity index is 1420. The summed E-state index contributed by atoms with van der Waals surface area (Å²) in [6.07, 6.45) is 0. The quantitative estimate of drug-likeness (QED) is 0.347. The number of benzene rings is 3. The number of hydrogen-bond acceptors (Lipinski definition) is 5. The van der Waals surface area contributed by atoms with Crippen LogP contribution in [-0.4, -0.2) is 24.5 Å². The van der Waals surface area contributed by atoms with Gasteiger partial charge in [0.25, 0.3) is 10.0 Å². The van der Waals surface area contributed by atoms with Crippen molar-refractivity contribution in [3.63, 3.8) is 0 Å². The highest BCUT2D eigenvalue weighted by Crippen LogP contribution is 2.29. The number of anilines is 1. The summed E-state index contributed by atoms with van der Waals surface area (Å²) in [6, 6.07) is 22.6.